The van der Waals surface area contributed by atoms with Crippen molar-refractivity contribution in [2.75, 3.05) is 39.5 Å². The van der Waals surface area contributed by atoms with E-state index in [1.807, 2.05) is 29.2 Å². The predicted molar refractivity (Wildman–Crippen MR) is 161 cm³/mol. The molecule has 7 heteroatoms. The molecule has 0 spiro atoms. The van der Waals surface area contributed by atoms with E-state index in [2.05, 4.69) is 47.1 Å². The largest absolute Gasteiger partial charge is 0.454 e. The second-order valence-electron chi connectivity index (χ2n) is 12.0. The number of hydrogen-bond acceptors (Lipinski definition) is 5. The van der Waals surface area contributed by atoms with Crippen LogP contribution in [0.4, 0.5) is 0 Å². The number of piperidine rings is 1. The second-order valence-corrected chi connectivity index (χ2v) is 12.4. The van der Waals surface area contributed by atoms with Crippen LogP contribution in [-0.4, -0.2) is 72.2 Å². The Hall–Kier alpha value is -3.06. The number of ether oxygens (including phenoxy) is 2. The summed E-state index contributed by atoms with van der Waals surface area (Å²) in [6.07, 6.45) is 5.32. The molecule has 214 valence electrons. The van der Waals surface area contributed by atoms with E-state index in [0.29, 0.717) is 35.5 Å². The Balaban J connectivity index is 0.946. The van der Waals surface area contributed by atoms with Crippen molar-refractivity contribution in [1.82, 2.24) is 14.7 Å². The van der Waals surface area contributed by atoms with Crippen molar-refractivity contribution in [2.45, 2.75) is 57.2 Å². The molecule has 4 aliphatic rings. The maximum Gasteiger partial charge on any atom is 0.255 e. The summed E-state index contributed by atoms with van der Waals surface area (Å²) in [5.74, 6) is 1.76. The van der Waals surface area contributed by atoms with Gasteiger partial charge in [0.2, 0.25) is 6.79 Å². The molecule has 41 heavy (non-hydrogen) atoms. The molecule has 0 saturated carbocycles. The molecule has 0 radical (unpaired) electrons. The van der Waals surface area contributed by atoms with Gasteiger partial charge in [-0.15, -0.1) is 0 Å². The molecular weight excluding hydrogens is 534 g/mol. The number of rotatable bonds is 5. The van der Waals surface area contributed by atoms with Crippen molar-refractivity contribution < 1.29 is 14.3 Å². The molecule has 0 bridgehead atoms. The summed E-state index contributed by atoms with van der Waals surface area (Å²) < 4.78 is 11.0. The maximum absolute atomic E-state index is 13.0. The molecule has 2 atom stereocenters. The van der Waals surface area contributed by atoms with Crippen molar-refractivity contribution in [3.63, 3.8) is 0 Å². The molecule has 3 heterocycles. The zero-order chi connectivity index (χ0) is 27.9. The maximum atomic E-state index is 13.0. The number of nitrogens with zero attached hydrogens (tertiary/aromatic N) is 3. The van der Waals surface area contributed by atoms with Crippen LogP contribution in [0, 0.1) is 0 Å². The van der Waals surface area contributed by atoms with E-state index >= 15 is 0 Å². The van der Waals surface area contributed by atoms with Gasteiger partial charge in [-0.1, -0.05) is 48.0 Å². The Morgan fingerprint density at radius 3 is 2.51 bits per heavy atom. The lowest BCUT2D eigenvalue weighted by Crippen LogP contribution is -2.57. The Bertz CT molecular complexity index is 1440. The molecule has 3 aromatic carbocycles. The van der Waals surface area contributed by atoms with Crippen LogP contribution in [-0.2, 0) is 12.8 Å². The van der Waals surface area contributed by atoms with Crippen LogP contribution in [0.1, 0.15) is 64.8 Å². The highest BCUT2D eigenvalue weighted by atomic mass is 35.5. The van der Waals surface area contributed by atoms with Gasteiger partial charge >= 0.3 is 0 Å². The number of aryl methyl sites for hydroxylation is 1. The van der Waals surface area contributed by atoms with Crippen LogP contribution in [0.2, 0.25) is 5.02 Å². The molecule has 3 aliphatic heterocycles. The molecule has 0 aromatic heterocycles. The fourth-order valence-electron chi connectivity index (χ4n) is 7.42. The van der Waals surface area contributed by atoms with E-state index < -0.39 is 0 Å². The number of carbonyl (C=O) groups excluding carboxylic acids is 1. The number of fused-ring (bicyclic) bond motifs is 2. The van der Waals surface area contributed by atoms with Gasteiger partial charge in [-0.2, -0.15) is 0 Å². The van der Waals surface area contributed by atoms with Crippen molar-refractivity contribution >= 4 is 17.5 Å². The van der Waals surface area contributed by atoms with Crippen LogP contribution in [0.25, 0.3) is 0 Å². The minimum absolute atomic E-state index is 0.0613. The molecule has 1 aliphatic carbocycles. The topological polar surface area (TPSA) is 45.2 Å². The normalized spacial score (nSPS) is 23.1. The predicted octanol–water partition coefficient (Wildman–Crippen LogP) is 5.96. The third-order valence-electron chi connectivity index (χ3n) is 9.58. The Kier molecular flexibility index (Phi) is 7.40. The number of carbonyl (C=O) groups is 1. The lowest BCUT2D eigenvalue weighted by atomic mass is 9.97. The molecule has 7 rings (SSSR count). The zero-order valence-corrected chi connectivity index (χ0v) is 24.5. The first kappa shape index (κ1) is 26.8. The summed E-state index contributed by atoms with van der Waals surface area (Å²) in [5.41, 5.74) is 6.27. The zero-order valence-electron chi connectivity index (χ0n) is 23.7. The van der Waals surface area contributed by atoms with E-state index in [0.717, 1.165) is 69.9 Å². The van der Waals surface area contributed by atoms with Crippen LogP contribution < -0.4 is 9.47 Å². The first-order valence-electron chi connectivity index (χ1n) is 15.1. The Morgan fingerprint density at radius 2 is 1.68 bits per heavy atom. The molecule has 0 N–H and O–H groups in total. The van der Waals surface area contributed by atoms with Crippen LogP contribution in [0.3, 0.4) is 0 Å². The smallest absolute Gasteiger partial charge is 0.255 e. The number of piperazine rings is 1. The average Bonchev–Trinajstić information content (AvgIpc) is 3.64. The van der Waals surface area contributed by atoms with E-state index in [4.69, 9.17) is 21.1 Å². The molecule has 1 unspecified atom stereocenters. The number of likely N-dealkylation sites (tertiary alicyclic amines) is 1. The van der Waals surface area contributed by atoms with Crippen LogP contribution in [0.5, 0.6) is 11.5 Å². The average molecular weight is 572 g/mol. The third-order valence-corrected chi connectivity index (χ3v) is 9.91. The second kappa shape index (κ2) is 11.3. The summed E-state index contributed by atoms with van der Waals surface area (Å²) in [4.78, 5) is 20.4. The first-order valence-corrected chi connectivity index (χ1v) is 15.4. The number of halogens is 1. The van der Waals surface area contributed by atoms with Gasteiger partial charge in [-0.3, -0.25) is 14.6 Å². The van der Waals surface area contributed by atoms with Gasteiger partial charge in [0.15, 0.2) is 11.5 Å². The Morgan fingerprint density at radius 1 is 0.902 bits per heavy atom. The van der Waals surface area contributed by atoms with Gasteiger partial charge in [0, 0.05) is 50.8 Å². The van der Waals surface area contributed by atoms with Gasteiger partial charge in [-0.25, -0.2) is 0 Å². The summed E-state index contributed by atoms with van der Waals surface area (Å²) in [6, 6.07) is 22.4. The first-order chi connectivity index (χ1) is 20.0. The summed E-state index contributed by atoms with van der Waals surface area (Å²) in [5, 5.41) is 0.541. The minimum Gasteiger partial charge on any atom is -0.454 e. The standard InChI is InChI=1S/C34H38ClN3O3/c1-23-21-37(27-12-14-36(15-13-27)34(39)29-4-2-3-5-30(29)35)16-17-38(23)31-10-8-26-19-24(6-9-28(26)31)18-25-7-11-32-33(20-25)41-22-40-32/h2-7,9,11,19-20,23,27,31H,8,10,12-18,21-22H2,1H3/t23-,31?/m1/s1. The van der Waals surface area contributed by atoms with Crippen molar-refractivity contribution in [2.24, 2.45) is 0 Å². The molecule has 1 amide bonds. The summed E-state index contributed by atoms with van der Waals surface area (Å²) >= 11 is 6.29. The molecule has 2 fully saturated rings. The lowest BCUT2D eigenvalue weighted by Gasteiger charge is -2.47. The lowest BCUT2D eigenvalue weighted by molar-refractivity contribution is 0.0104. The minimum atomic E-state index is 0.0613. The monoisotopic (exact) mass is 571 g/mol. The summed E-state index contributed by atoms with van der Waals surface area (Å²) in [6.45, 7) is 7.61. The fraction of sp³-hybridized carbons (Fsp3) is 0.441. The summed E-state index contributed by atoms with van der Waals surface area (Å²) in [7, 11) is 0. The van der Waals surface area contributed by atoms with Gasteiger partial charge in [0.1, 0.15) is 0 Å². The SMILES string of the molecule is C[C@@H]1CN(C2CCN(C(=O)c3ccccc3Cl)CC2)CCN1C1CCc2cc(Cc3ccc4c(c3)OCO4)ccc21. The number of amides is 1. The van der Waals surface area contributed by atoms with Crippen LogP contribution >= 0.6 is 11.6 Å². The van der Waals surface area contributed by atoms with Crippen LogP contribution in [0.15, 0.2) is 60.7 Å². The molecule has 2 saturated heterocycles. The van der Waals surface area contributed by atoms with E-state index in [1.165, 1.54) is 28.7 Å². The molecule has 3 aromatic rings. The van der Waals surface area contributed by atoms with E-state index in [9.17, 15) is 4.79 Å². The number of hydrogen-bond donors (Lipinski definition) is 0. The third kappa shape index (κ3) is 5.33. The van der Waals surface area contributed by atoms with Gasteiger partial charge < -0.3 is 14.4 Å². The van der Waals surface area contributed by atoms with Gasteiger partial charge in [-0.05, 0) is 85.5 Å². The van der Waals surface area contributed by atoms with Crippen molar-refractivity contribution in [3.8, 4) is 11.5 Å². The Labute approximate surface area is 247 Å². The quantitative estimate of drug-likeness (QED) is 0.378. The highest BCUT2D eigenvalue weighted by Gasteiger charge is 2.37. The van der Waals surface area contributed by atoms with Gasteiger partial charge in [0.05, 0.1) is 10.6 Å². The van der Waals surface area contributed by atoms with Crippen molar-refractivity contribution in [3.05, 3.63) is 93.5 Å². The fourth-order valence-corrected chi connectivity index (χ4v) is 7.64. The van der Waals surface area contributed by atoms with Crippen molar-refractivity contribution in [1.29, 1.82) is 0 Å². The van der Waals surface area contributed by atoms with E-state index in [-0.39, 0.29) is 5.91 Å². The van der Waals surface area contributed by atoms with Gasteiger partial charge in [0.25, 0.3) is 5.91 Å². The highest BCUT2D eigenvalue weighted by molar-refractivity contribution is 6.33. The number of benzene rings is 3. The van der Waals surface area contributed by atoms with E-state index in [1.54, 1.807) is 6.07 Å². The molecule has 6 nitrogen and oxygen atoms in total. The highest BCUT2D eigenvalue weighted by Crippen LogP contribution is 2.39. The molecular formula is C34H38ClN3O3.